The van der Waals surface area contributed by atoms with Gasteiger partial charge in [0.2, 0.25) is 0 Å². The van der Waals surface area contributed by atoms with E-state index in [0.29, 0.717) is 16.7 Å². The Morgan fingerprint density at radius 3 is 1.92 bits per heavy atom. The number of amides is 1. The van der Waals surface area contributed by atoms with Crippen LogP contribution in [0.3, 0.4) is 0 Å². The quantitative estimate of drug-likeness (QED) is 0.137. The minimum atomic E-state index is -1.47. The standard InChI is InChI=1S/C37H39FN2O12/c1-23(41)46-22-31-33(50-24(2)42)34(51-25(3)43)32(39-18-26-14-16-29(38)17-15-26)36(52-31)48-21-30(35(44)47-19-27-10-6-4-7-11-27)40-37(45)49-20-28-12-8-5-9-13-28/h4-18,30-34,36H,19-22H2,1-3H3,(H,40,45)/t30-,31+,32+,33+,34+,36-/m0/s1. The second kappa shape index (κ2) is 19.7. The van der Waals surface area contributed by atoms with Gasteiger partial charge >= 0.3 is 30.0 Å². The molecule has 6 atom stereocenters. The molecule has 1 saturated heterocycles. The number of carbonyl (C=O) groups excluding carboxylic acids is 5. The van der Waals surface area contributed by atoms with Gasteiger partial charge in [0.1, 0.15) is 37.8 Å². The summed E-state index contributed by atoms with van der Waals surface area (Å²) in [5, 5.41) is 2.46. The van der Waals surface area contributed by atoms with Gasteiger partial charge in [-0.3, -0.25) is 19.4 Å². The molecule has 0 aliphatic carbocycles. The molecule has 4 rings (SSSR count). The molecule has 3 aromatic carbocycles. The number of alkyl carbamates (subject to hydrolysis) is 1. The topological polar surface area (TPSA) is 174 Å². The number of nitrogens with zero attached hydrogens (tertiary/aromatic N) is 1. The van der Waals surface area contributed by atoms with E-state index in [0.717, 1.165) is 20.8 Å². The van der Waals surface area contributed by atoms with E-state index in [1.807, 2.05) is 0 Å². The van der Waals surface area contributed by atoms with Gasteiger partial charge in [0, 0.05) is 27.0 Å². The van der Waals surface area contributed by atoms with Crippen LogP contribution in [0.4, 0.5) is 9.18 Å². The fourth-order valence-corrected chi connectivity index (χ4v) is 5.00. The molecule has 0 saturated carbocycles. The second-order valence-corrected chi connectivity index (χ2v) is 11.5. The van der Waals surface area contributed by atoms with E-state index < -0.39 is 85.7 Å². The Kier molecular flexibility index (Phi) is 14.8. The number of benzene rings is 3. The smallest absolute Gasteiger partial charge is 0.408 e. The molecular weight excluding hydrogens is 683 g/mol. The molecule has 1 heterocycles. The van der Waals surface area contributed by atoms with E-state index in [4.69, 9.17) is 33.2 Å². The van der Waals surface area contributed by atoms with E-state index in [9.17, 15) is 28.4 Å². The summed E-state index contributed by atoms with van der Waals surface area (Å²) in [4.78, 5) is 67.1. The average molecular weight is 723 g/mol. The number of nitrogens with one attached hydrogen (secondary N) is 1. The predicted molar refractivity (Wildman–Crippen MR) is 180 cm³/mol. The fraction of sp³-hybridized carbons (Fsp3) is 0.351. The lowest BCUT2D eigenvalue weighted by Gasteiger charge is -2.43. The van der Waals surface area contributed by atoms with Crippen LogP contribution >= 0.6 is 0 Å². The predicted octanol–water partition coefficient (Wildman–Crippen LogP) is 3.82. The number of ether oxygens (including phenoxy) is 7. The maximum absolute atomic E-state index is 13.6. The first-order chi connectivity index (χ1) is 25.0. The van der Waals surface area contributed by atoms with Crippen molar-refractivity contribution in [3.05, 3.63) is 107 Å². The molecule has 3 aromatic rings. The Morgan fingerprint density at radius 2 is 1.35 bits per heavy atom. The Hall–Kier alpha value is -5.67. The third-order valence-corrected chi connectivity index (χ3v) is 7.38. The molecule has 0 aromatic heterocycles. The van der Waals surface area contributed by atoms with Gasteiger partial charge in [-0.05, 0) is 28.8 Å². The molecule has 0 unspecified atom stereocenters. The van der Waals surface area contributed by atoms with Gasteiger partial charge in [-0.25, -0.2) is 14.0 Å². The lowest BCUT2D eigenvalue weighted by Crippen LogP contribution is -2.62. The first-order valence-electron chi connectivity index (χ1n) is 16.2. The lowest BCUT2D eigenvalue weighted by molar-refractivity contribution is -0.274. The normalized spacial score (nSPS) is 20.3. The zero-order valence-corrected chi connectivity index (χ0v) is 28.7. The highest BCUT2D eigenvalue weighted by Gasteiger charge is 2.51. The number of halogens is 1. The van der Waals surface area contributed by atoms with Gasteiger partial charge in [-0.1, -0.05) is 72.8 Å². The zero-order valence-electron chi connectivity index (χ0n) is 28.7. The minimum absolute atomic E-state index is 0.0926. The van der Waals surface area contributed by atoms with Crippen LogP contribution in [0.2, 0.25) is 0 Å². The van der Waals surface area contributed by atoms with E-state index in [1.54, 1.807) is 60.7 Å². The van der Waals surface area contributed by atoms with Crippen LogP contribution in [0, 0.1) is 5.82 Å². The summed E-state index contributed by atoms with van der Waals surface area (Å²) < 4.78 is 52.8. The van der Waals surface area contributed by atoms with E-state index in [-0.39, 0.29) is 13.2 Å². The molecule has 1 amide bonds. The van der Waals surface area contributed by atoms with E-state index in [2.05, 4.69) is 10.3 Å². The molecule has 1 N–H and O–H groups in total. The van der Waals surface area contributed by atoms with Crippen LogP contribution in [0.15, 0.2) is 89.9 Å². The first-order valence-corrected chi connectivity index (χ1v) is 16.2. The van der Waals surface area contributed by atoms with Crippen molar-refractivity contribution in [1.82, 2.24) is 5.32 Å². The molecule has 52 heavy (non-hydrogen) atoms. The molecule has 1 aliphatic heterocycles. The summed E-state index contributed by atoms with van der Waals surface area (Å²) in [6, 6.07) is 20.3. The van der Waals surface area contributed by atoms with E-state index >= 15 is 0 Å². The van der Waals surface area contributed by atoms with Crippen LogP contribution < -0.4 is 5.32 Å². The average Bonchev–Trinajstić information content (AvgIpc) is 3.12. The molecule has 0 spiro atoms. The monoisotopic (exact) mass is 722 g/mol. The summed E-state index contributed by atoms with van der Waals surface area (Å²) in [6.07, 6.45) is -5.04. The van der Waals surface area contributed by atoms with Crippen molar-refractivity contribution in [2.75, 3.05) is 13.2 Å². The maximum Gasteiger partial charge on any atom is 0.408 e. The van der Waals surface area contributed by atoms with Gasteiger partial charge in [0.05, 0.1) is 6.61 Å². The van der Waals surface area contributed by atoms with Crippen molar-refractivity contribution >= 4 is 36.2 Å². The number of esters is 4. The highest BCUT2D eigenvalue weighted by atomic mass is 19.1. The van der Waals surface area contributed by atoms with Crippen molar-refractivity contribution in [1.29, 1.82) is 0 Å². The van der Waals surface area contributed by atoms with Crippen LogP contribution in [-0.2, 0) is 65.5 Å². The second-order valence-electron chi connectivity index (χ2n) is 11.5. The molecule has 14 nitrogen and oxygen atoms in total. The summed E-state index contributed by atoms with van der Waals surface area (Å²) >= 11 is 0. The third kappa shape index (κ3) is 12.6. The van der Waals surface area contributed by atoms with Crippen LogP contribution in [0.1, 0.15) is 37.5 Å². The highest BCUT2D eigenvalue weighted by molar-refractivity contribution is 5.81. The summed E-state index contributed by atoms with van der Waals surface area (Å²) in [5.41, 5.74) is 1.83. The highest BCUT2D eigenvalue weighted by Crippen LogP contribution is 2.30. The number of hydrogen-bond acceptors (Lipinski definition) is 13. The van der Waals surface area contributed by atoms with Crippen molar-refractivity contribution in [3.8, 4) is 0 Å². The first kappa shape index (κ1) is 39.1. The molecule has 1 fully saturated rings. The summed E-state index contributed by atoms with van der Waals surface area (Å²) in [6.45, 7) is 2.17. The van der Waals surface area contributed by atoms with Crippen molar-refractivity contribution in [2.45, 2.75) is 70.7 Å². The third-order valence-electron chi connectivity index (χ3n) is 7.38. The Bertz CT molecular complexity index is 1670. The molecule has 1 aliphatic rings. The minimum Gasteiger partial charge on any atom is -0.463 e. The maximum atomic E-state index is 13.6. The molecule has 0 bridgehead atoms. The molecular formula is C37H39FN2O12. The van der Waals surface area contributed by atoms with Crippen molar-refractivity contribution in [3.63, 3.8) is 0 Å². The summed E-state index contributed by atoms with van der Waals surface area (Å²) in [5.74, 6) is -3.59. The number of aliphatic imine (C=N–C) groups is 1. The number of rotatable bonds is 15. The molecule has 0 radical (unpaired) electrons. The van der Waals surface area contributed by atoms with Gasteiger partial charge in [0.25, 0.3) is 0 Å². The van der Waals surface area contributed by atoms with Crippen LogP contribution in [-0.4, -0.2) is 86.1 Å². The van der Waals surface area contributed by atoms with E-state index in [1.165, 1.54) is 30.5 Å². The Labute approximate surface area is 299 Å². The fourth-order valence-electron chi connectivity index (χ4n) is 5.00. The van der Waals surface area contributed by atoms with Gasteiger partial charge in [-0.2, -0.15) is 0 Å². The van der Waals surface area contributed by atoms with Gasteiger partial charge in [-0.15, -0.1) is 0 Å². The van der Waals surface area contributed by atoms with Crippen LogP contribution in [0.25, 0.3) is 0 Å². The Balaban J connectivity index is 1.63. The largest absolute Gasteiger partial charge is 0.463 e. The summed E-state index contributed by atoms with van der Waals surface area (Å²) in [7, 11) is 0. The number of carbonyl (C=O) groups is 5. The van der Waals surface area contributed by atoms with Crippen molar-refractivity contribution in [2.24, 2.45) is 4.99 Å². The van der Waals surface area contributed by atoms with Crippen molar-refractivity contribution < 1.29 is 61.5 Å². The molecule has 15 heteroatoms. The number of hydrogen-bond donors (Lipinski definition) is 1. The van der Waals surface area contributed by atoms with Gasteiger partial charge in [0.15, 0.2) is 24.5 Å². The lowest BCUT2D eigenvalue weighted by atomic mass is 9.96. The van der Waals surface area contributed by atoms with Crippen LogP contribution in [0.5, 0.6) is 0 Å². The Morgan fingerprint density at radius 1 is 0.769 bits per heavy atom. The molecule has 276 valence electrons. The zero-order chi connectivity index (χ0) is 37.5. The van der Waals surface area contributed by atoms with Gasteiger partial charge < -0.3 is 38.5 Å². The SMILES string of the molecule is CC(=O)OC[C@H]1O[C@H](OC[C@H](NC(=O)OCc2ccccc2)C(=O)OCc2ccccc2)[C@H](N=Cc2ccc(F)cc2)[C@@H](OC(C)=O)[C@@H]1OC(C)=O.